The molecule has 1 fully saturated rings. The molecule has 2 heterocycles. The van der Waals surface area contributed by atoms with E-state index >= 15 is 0 Å². The monoisotopic (exact) mass is 297 g/mol. The summed E-state index contributed by atoms with van der Waals surface area (Å²) in [4.78, 5) is 10.6. The van der Waals surface area contributed by atoms with Gasteiger partial charge < -0.3 is 4.98 Å². The fraction of sp³-hybridized carbons (Fsp3) is 0.412. The molecule has 0 spiro atoms. The van der Waals surface area contributed by atoms with Gasteiger partial charge in [0.1, 0.15) is 10.5 Å². The Morgan fingerprint density at radius 2 is 2.05 bits per heavy atom. The molecule has 0 amide bonds. The van der Waals surface area contributed by atoms with Crippen molar-refractivity contribution < 1.29 is 0 Å². The number of aromatic amines is 1. The number of nitrogens with zero attached hydrogens (tertiary/aromatic N) is 2. The van der Waals surface area contributed by atoms with Crippen LogP contribution in [-0.2, 0) is 19.5 Å². The van der Waals surface area contributed by atoms with Crippen molar-refractivity contribution in [2.75, 3.05) is 6.54 Å². The van der Waals surface area contributed by atoms with E-state index in [1.165, 1.54) is 29.7 Å². The lowest BCUT2D eigenvalue weighted by atomic mass is 10.1. The molecule has 0 saturated heterocycles. The second-order valence-corrected chi connectivity index (χ2v) is 6.49. The second kappa shape index (κ2) is 5.35. The van der Waals surface area contributed by atoms with E-state index in [1.807, 2.05) is 0 Å². The lowest BCUT2D eigenvalue weighted by Crippen LogP contribution is -2.31. The smallest absolute Gasteiger partial charge is 0.134 e. The van der Waals surface area contributed by atoms with Crippen LogP contribution in [0.2, 0.25) is 0 Å². The quantitative estimate of drug-likeness (QED) is 0.879. The molecule has 3 nitrogen and oxygen atoms in total. The molecule has 1 aromatic heterocycles. The molecule has 1 saturated carbocycles. The van der Waals surface area contributed by atoms with E-state index in [0.29, 0.717) is 5.92 Å². The lowest BCUT2D eigenvalue weighted by molar-refractivity contribution is 0.242. The van der Waals surface area contributed by atoms with Crippen LogP contribution in [0.3, 0.4) is 0 Å². The summed E-state index contributed by atoms with van der Waals surface area (Å²) in [6.07, 6.45) is 3.57. The largest absolute Gasteiger partial charge is 0.347 e. The number of nitrogens with one attached hydrogen (secondary N) is 1. The van der Waals surface area contributed by atoms with Crippen LogP contribution >= 0.6 is 12.2 Å². The SMILES string of the molecule is S=c1nc(C2CC2)[nH]c2c1CN(Cc1ccccc1)CC2. The third kappa shape index (κ3) is 2.78. The molecule has 4 heteroatoms. The number of hydrogen-bond donors (Lipinski definition) is 1. The zero-order valence-electron chi connectivity index (χ0n) is 12.0. The first-order chi connectivity index (χ1) is 10.3. The first-order valence-electron chi connectivity index (χ1n) is 7.68. The van der Waals surface area contributed by atoms with Crippen molar-refractivity contribution in [1.29, 1.82) is 0 Å². The summed E-state index contributed by atoms with van der Waals surface area (Å²) in [6, 6.07) is 10.6. The van der Waals surface area contributed by atoms with Gasteiger partial charge >= 0.3 is 0 Å². The van der Waals surface area contributed by atoms with Gasteiger partial charge in [0.2, 0.25) is 0 Å². The fourth-order valence-corrected chi connectivity index (χ4v) is 3.33. The van der Waals surface area contributed by atoms with Gasteiger partial charge in [0.05, 0.1) is 0 Å². The summed E-state index contributed by atoms with van der Waals surface area (Å²) in [5.41, 5.74) is 3.91. The molecule has 0 atom stereocenters. The van der Waals surface area contributed by atoms with E-state index < -0.39 is 0 Å². The Kier molecular flexibility index (Phi) is 3.36. The zero-order chi connectivity index (χ0) is 14.2. The topological polar surface area (TPSA) is 31.9 Å². The van der Waals surface area contributed by atoms with Crippen molar-refractivity contribution >= 4 is 12.2 Å². The molecule has 1 aliphatic carbocycles. The molecular formula is C17H19N3S. The summed E-state index contributed by atoms with van der Waals surface area (Å²) in [6.45, 7) is 2.98. The third-order valence-corrected chi connectivity index (χ3v) is 4.73. The van der Waals surface area contributed by atoms with Crippen molar-refractivity contribution in [3.05, 3.63) is 57.6 Å². The Balaban J connectivity index is 1.56. The van der Waals surface area contributed by atoms with Crippen LogP contribution in [0.15, 0.2) is 30.3 Å². The van der Waals surface area contributed by atoms with Crippen LogP contribution in [0.1, 0.15) is 41.4 Å². The van der Waals surface area contributed by atoms with Crippen LogP contribution < -0.4 is 0 Å². The highest BCUT2D eigenvalue weighted by Crippen LogP contribution is 2.38. The Morgan fingerprint density at radius 3 is 2.81 bits per heavy atom. The minimum absolute atomic E-state index is 0.638. The Morgan fingerprint density at radius 1 is 1.24 bits per heavy atom. The predicted octanol–water partition coefficient (Wildman–Crippen LogP) is 3.57. The molecule has 108 valence electrons. The first kappa shape index (κ1) is 13.2. The van der Waals surface area contributed by atoms with Crippen molar-refractivity contribution in [3.63, 3.8) is 0 Å². The summed E-state index contributed by atoms with van der Waals surface area (Å²) >= 11 is 5.53. The predicted molar refractivity (Wildman–Crippen MR) is 85.7 cm³/mol. The van der Waals surface area contributed by atoms with Gasteiger partial charge in [-0.15, -0.1) is 0 Å². The number of aromatic nitrogens is 2. The highest BCUT2D eigenvalue weighted by molar-refractivity contribution is 7.71. The minimum atomic E-state index is 0.638. The van der Waals surface area contributed by atoms with E-state index in [0.717, 1.165) is 36.5 Å². The standard InChI is InChI=1S/C17H19N3S/c21-17-14-11-20(10-12-4-2-1-3-5-12)9-8-15(14)18-16(19-17)13-6-7-13/h1-5,13H,6-11H2,(H,18,19,21). The molecule has 0 bridgehead atoms. The van der Waals surface area contributed by atoms with Gasteiger partial charge in [-0.25, -0.2) is 4.98 Å². The van der Waals surface area contributed by atoms with Gasteiger partial charge in [-0.1, -0.05) is 42.5 Å². The molecule has 4 rings (SSSR count). The summed E-state index contributed by atoms with van der Waals surface area (Å²) < 4.78 is 0.809. The van der Waals surface area contributed by atoms with Crippen molar-refractivity contribution in [2.45, 2.75) is 38.3 Å². The highest BCUT2D eigenvalue weighted by Gasteiger charge is 2.28. The number of benzene rings is 1. The maximum Gasteiger partial charge on any atom is 0.134 e. The van der Waals surface area contributed by atoms with Gasteiger partial charge in [0.25, 0.3) is 0 Å². The van der Waals surface area contributed by atoms with E-state index in [2.05, 4.69) is 45.2 Å². The first-order valence-corrected chi connectivity index (χ1v) is 8.08. The van der Waals surface area contributed by atoms with E-state index in [-0.39, 0.29) is 0 Å². The van der Waals surface area contributed by atoms with E-state index in [4.69, 9.17) is 12.2 Å². The molecule has 1 aromatic carbocycles. The molecule has 1 N–H and O–H groups in total. The van der Waals surface area contributed by atoms with Crippen LogP contribution in [0.4, 0.5) is 0 Å². The number of rotatable bonds is 3. The van der Waals surface area contributed by atoms with Crippen LogP contribution in [0.5, 0.6) is 0 Å². The van der Waals surface area contributed by atoms with Gasteiger partial charge in [-0.2, -0.15) is 0 Å². The highest BCUT2D eigenvalue weighted by atomic mass is 32.1. The zero-order valence-corrected chi connectivity index (χ0v) is 12.8. The maximum absolute atomic E-state index is 5.53. The average Bonchev–Trinajstić information content (AvgIpc) is 3.33. The second-order valence-electron chi connectivity index (χ2n) is 6.10. The summed E-state index contributed by atoms with van der Waals surface area (Å²) in [5.74, 6) is 1.76. The molecule has 1 aliphatic heterocycles. The lowest BCUT2D eigenvalue weighted by Gasteiger charge is -2.28. The Labute approximate surface area is 130 Å². The van der Waals surface area contributed by atoms with Crippen molar-refractivity contribution in [3.8, 4) is 0 Å². The van der Waals surface area contributed by atoms with Gasteiger partial charge in [0, 0.05) is 43.2 Å². The molecule has 0 radical (unpaired) electrons. The molecule has 2 aliphatic rings. The van der Waals surface area contributed by atoms with Crippen LogP contribution in [0, 0.1) is 4.64 Å². The third-order valence-electron chi connectivity index (χ3n) is 4.40. The maximum atomic E-state index is 5.53. The van der Waals surface area contributed by atoms with Gasteiger partial charge in [0.15, 0.2) is 0 Å². The number of H-pyrrole nitrogens is 1. The normalized spacial score (nSPS) is 18.5. The molecule has 2 aromatic rings. The van der Waals surface area contributed by atoms with Crippen molar-refractivity contribution in [2.24, 2.45) is 0 Å². The number of fused-ring (bicyclic) bond motifs is 1. The fourth-order valence-electron chi connectivity index (χ4n) is 3.04. The number of hydrogen-bond acceptors (Lipinski definition) is 3. The molecule has 0 unspecified atom stereocenters. The Bertz CT molecular complexity index is 704. The van der Waals surface area contributed by atoms with Crippen LogP contribution in [0.25, 0.3) is 0 Å². The van der Waals surface area contributed by atoms with E-state index in [1.54, 1.807) is 0 Å². The molecular weight excluding hydrogens is 278 g/mol. The minimum Gasteiger partial charge on any atom is -0.347 e. The van der Waals surface area contributed by atoms with Crippen LogP contribution in [-0.4, -0.2) is 21.4 Å². The van der Waals surface area contributed by atoms with Gasteiger partial charge in [-0.05, 0) is 18.4 Å². The van der Waals surface area contributed by atoms with Gasteiger partial charge in [-0.3, -0.25) is 4.90 Å². The average molecular weight is 297 g/mol. The Hall–Kier alpha value is -1.52. The summed E-state index contributed by atoms with van der Waals surface area (Å²) in [5, 5.41) is 0. The van der Waals surface area contributed by atoms with E-state index in [9.17, 15) is 0 Å². The molecule has 21 heavy (non-hydrogen) atoms. The summed E-state index contributed by atoms with van der Waals surface area (Å²) in [7, 11) is 0. The van der Waals surface area contributed by atoms with Crippen molar-refractivity contribution in [1.82, 2.24) is 14.9 Å².